The maximum Gasteiger partial charge on any atom is 0.149 e. The summed E-state index contributed by atoms with van der Waals surface area (Å²) in [6.07, 6.45) is 2.27. The number of rotatable bonds is 0. The first-order valence-electron chi connectivity index (χ1n) is 10.2. The molecule has 145 valence electrons. The average molecular weight is 367 g/mol. The fourth-order valence-electron chi connectivity index (χ4n) is 3.71. The van der Waals surface area contributed by atoms with Crippen LogP contribution in [-0.2, 0) is 10.8 Å². The van der Waals surface area contributed by atoms with Gasteiger partial charge in [0.2, 0.25) is 0 Å². The minimum absolute atomic E-state index is 0.156. The molecule has 1 aliphatic carbocycles. The van der Waals surface area contributed by atoms with Gasteiger partial charge in [0.1, 0.15) is 11.9 Å². The summed E-state index contributed by atoms with van der Waals surface area (Å²) in [5.74, 6) is 0.156. The topological polar surface area (TPSA) is 40.5 Å². The molecule has 0 bridgehead atoms. The Labute approximate surface area is 165 Å². The van der Waals surface area contributed by atoms with Crippen LogP contribution < -0.4 is 0 Å². The molecule has 0 fully saturated rings. The summed E-state index contributed by atoms with van der Waals surface area (Å²) in [6.45, 7) is 18.7. The molecule has 0 heterocycles. The molecule has 0 amide bonds. The molecule has 2 heteroatoms. The van der Waals surface area contributed by atoms with Crippen molar-refractivity contribution in [2.75, 3.05) is 0 Å². The predicted molar refractivity (Wildman–Crippen MR) is 115 cm³/mol. The highest BCUT2D eigenvalue weighted by Crippen LogP contribution is 2.49. The molecule has 2 aromatic carbocycles. The first-order valence-corrected chi connectivity index (χ1v) is 9.68. The molecule has 0 saturated carbocycles. The van der Waals surface area contributed by atoms with Gasteiger partial charge in [-0.05, 0) is 50.4 Å². The minimum atomic E-state index is -0.282. The number of phenolic OH excluding ortho intramolecular Hbond substituents is 1. The van der Waals surface area contributed by atoms with Crippen molar-refractivity contribution in [1.82, 2.24) is 0 Å². The minimum Gasteiger partial charge on any atom is -0.507 e. The third-order valence-corrected chi connectivity index (χ3v) is 5.38. The second-order valence-corrected chi connectivity index (χ2v) is 10.9. The Hall–Kier alpha value is -1.80. The van der Waals surface area contributed by atoms with E-state index in [0.717, 1.165) is 27.6 Å². The van der Waals surface area contributed by atoms with E-state index >= 15 is 0 Å². The first-order chi connectivity index (χ1) is 12.5. The Bertz CT molecular complexity index is 985. The van der Waals surface area contributed by atoms with E-state index in [4.69, 9.17) is 1.37 Å². The van der Waals surface area contributed by atoms with Gasteiger partial charge in [-0.3, -0.25) is 0 Å². The first kappa shape index (κ1) is 18.6. The van der Waals surface area contributed by atoms with Gasteiger partial charge in [-0.2, -0.15) is 0 Å². The lowest BCUT2D eigenvalue weighted by molar-refractivity contribution is 0.318. The summed E-state index contributed by atoms with van der Waals surface area (Å²) in [6, 6.07) is 4.31. The van der Waals surface area contributed by atoms with E-state index in [0.29, 0.717) is 17.0 Å². The van der Waals surface area contributed by atoms with Gasteiger partial charge in [0, 0.05) is 16.5 Å². The molecule has 2 nitrogen and oxygen atoms in total. The number of hydrogen-bond acceptors (Lipinski definition) is 2. The largest absolute Gasteiger partial charge is 0.507 e. The quantitative estimate of drug-likeness (QED) is 0.536. The number of hydrogen-bond donors (Lipinski definition) is 2. The summed E-state index contributed by atoms with van der Waals surface area (Å²) in [7, 11) is 0. The lowest BCUT2D eigenvalue weighted by atomic mass is 9.72. The van der Waals surface area contributed by atoms with E-state index in [1.54, 1.807) is 0 Å². The second kappa shape index (κ2) is 5.85. The lowest BCUT2D eigenvalue weighted by Crippen LogP contribution is -2.22. The summed E-state index contributed by atoms with van der Waals surface area (Å²) in [4.78, 5) is 0. The van der Waals surface area contributed by atoms with Crippen LogP contribution in [0, 0.1) is 11.5 Å². The fraction of sp³-hybridized carbons (Fsp3) is 0.480. The molecule has 0 atom stereocenters. The van der Waals surface area contributed by atoms with Crippen molar-refractivity contribution in [2.45, 2.75) is 73.1 Å². The molecule has 1 aliphatic rings. The van der Waals surface area contributed by atoms with Crippen LogP contribution in [-0.4, -0.2) is 10.2 Å². The van der Waals surface area contributed by atoms with Crippen molar-refractivity contribution in [2.24, 2.45) is 5.41 Å². The molecule has 1 radical (unpaired) electrons. The third-order valence-electron chi connectivity index (χ3n) is 5.38. The summed E-state index contributed by atoms with van der Waals surface area (Å²) < 4.78 is 8.90. The monoisotopic (exact) mass is 366 g/mol. The van der Waals surface area contributed by atoms with Crippen LogP contribution in [0.3, 0.4) is 0 Å². The molecule has 0 saturated heterocycles. The zero-order chi connectivity index (χ0) is 21.4. The van der Waals surface area contributed by atoms with E-state index < -0.39 is 0 Å². The van der Waals surface area contributed by atoms with Crippen molar-refractivity contribution < 1.29 is 11.6 Å². The van der Waals surface area contributed by atoms with Crippen molar-refractivity contribution in [3.05, 3.63) is 52.1 Å². The van der Waals surface area contributed by atoms with Gasteiger partial charge in [0.15, 0.2) is 0 Å². The maximum absolute atomic E-state index is 11.2. The van der Waals surface area contributed by atoms with Crippen LogP contribution in [0.4, 0.5) is 0 Å². The molecule has 2 aromatic rings. The van der Waals surface area contributed by atoms with Crippen LogP contribution in [0.15, 0.2) is 23.7 Å². The van der Waals surface area contributed by atoms with E-state index in [2.05, 4.69) is 62.3 Å². The van der Waals surface area contributed by atoms with Gasteiger partial charge in [-0.15, -0.1) is 0 Å². The smallest absolute Gasteiger partial charge is 0.149 e. The molecular formula is C25H33O2. The summed E-state index contributed by atoms with van der Waals surface area (Å²) in [5, 5.41) is 23.7. The average Bonchev–Trinajstić information content (AvgIpc) is 2.49. The Balaban J connectivity index is 2.58. The highest BCUT2D eigenvalue weighted by atomic mass is 16.3. The standard InChI is InChI=1S/C25H33O2/c1-23(2,3)15-12-16-20-14(10-18(21(16)26)24(4,5)6)11-19(25(7,8)9)22(27)17(20)13-15/h10-13,26-27H,1-9H3/i12D. The Morgan fingerprint density at radius 2 is 1.41 bits per heavy atom. The van der Waals surface area contributed by atoms with Gasteiger partial charge in [-0.25, -0.2) is 0 Å². The highest BCUT2D eigenvalue weighted by Gasteiger charge is 2.34. The van der Waals surface area contributed by atoms with Crippen molar-refractivity contribution >= 4 is 16.8 Å². The molecule has 0 unspecified atom stereocenters. The lowest BCUT2D eigenvalue weighted by Gasteiger charge is -2.34. The molecule has 0 aromatic heterocycles. The summed E-state index contributed by atoms with van der Waals surface area (Å²) >= 11 is 0. The van der Waals surface area contributed by atoms with Crippen LogP contribution in [0.1, 0.15) is 85.9 Å². The van der Waals surface area contributed by atoms with E-state index in [-0.39, 0.29) is 28.1 Å². The summed E-state index contributed by atoms with van der Waals surface area (Å²) in [5.41, 5.74) is 3.43. The Kier molecular flexibility index (Phi) is 4.02. The van der Waals surface area contributed by atoms with E-state index in [9.17, 15) is 10.2 Å². The number of benzene rings is 2. The predicted octanol–water partition coefficient (Wildman–Crippen LogP) is 6.84. The van der Waals surface area contributed by atoms with Crippen LogP contribution in [0.2, 0.25) is 0 Å². The van der Waals surface area contributed by atoms with Gasteiger partial charge in [0.25, 0.3) is 0 Å². The normalized spacial score (nSPS) is 16.5. The Morgan fingerprint density at radius 1 is 0.815 bits per heavy atom. The van der Waals surface area contributed by atoms with Crippen LogP contribution in [0.25, 0.3) is 16.8 Å². The van der Waals surface area contributed by atoms with Gasteiger partial charge in [0.05, 0.1) is 1.37 Å². The molecule has 2 N–H and O–H groups in total. The Morgan fingerprint density at radius 3 is 1.89 bits per heavy atom. The van der Waals surface area contributed by atoms with Gasteiger partial charge in [-0.1, -0.05) is 74.5 Å². The zero-order valence-corrected chi connectivity index (χ0v) is 18.1. The molecule has 0 aliphatic heterocycles. The zero-order valence-electron chi connectivity index (χ0n) is 19.1. The van der Waals surface area contributed by atoms with Crippen LogP contribution in [0.5, 0.6) is 5.75 Å². The van der Waals surface area contributed by atoms with E-state index in [1.807, 2.05) is 18.2 Å². The van der Waals surface area contributed by atoms with Crippen molar-refractivity contribution in [3.8, 4) is 5.75 Å². The fourth-order valence-corrected chi connectivity index (χ4v) is 3.71. The SMILES string of the molecule is [2H]c1c(C(C)(C)C)cc2c3c(cc(C(C)(C)C)c(O)c13)C=C(C(C)(C)C)[C]2O. The maximum atomic E-state index is 11.2. The number of aromatic hydroxyl groups is 1. The molecular weight excluding hydrogens is 332 g/mol. The van der Waals surface area contributed by atoms with Gasteiger partial charge < -0.3 is 10.2 Å². The second-order valence-electron chi connectivity index (χ2n) is 10.9. The third kappa shape index (κ3) is 3.29. The number of aliphatic hydroxyl groups is 1. The highest BCUT2D eigenvalue weighted by molar-refractivity contribution is 6.02. The number of phenols is 1. The van der Waals surface area contributed by atoms with Gasteiger partial charge >= 0.3 is 0 Å². The molecule has 27 heavy (non-hydrogen) atoms. The van der Waals surface area contributed by atoms with Crippen molar-refractivity contribution in [1.29, 1.82) is 0 Å². The van der Waals surface area contributed by atoms with Crippen molar-refractivity contribution in [3.63, 3.8) is 0 Å². The van der Waals surface area contributed by atoms with E-state index in [1.165, 1.54) is 0 Å². The number of aliphatic hydroxyl groups excluding tert-OH is 1. The van der Waals surface area contributed by atoms with Crippen LogP contribution >= 0.6 is 0 Å². The molecule has 3 rings (SSSR count). The molecule has 0 spiro atoms.